The number of hydrogen-bond acceptors (Lipinski definition) is 5. The molecule has 2 rings (SSSR count). The van der Waals surface area contributed by atoms with Gasteiger partial charge in [-0.1, -0.05) is 6.07 Å². The number of rotatable bonds is 5. The van der Waals surface area contributed by atoms with Crippen LogP contribution in [0.3, 0.4) is 0 Å². The summed E-state index contributed by atoms with van der Waals surface area (Å²) in [6.45, 7) is 0.385. The van der Waals surface area contributed by atoms with Crippen LogP contribution in [0.2, 0.25) is 0 Å². The average molecular weight is 275 g/mol. The van der Waals surface area contributed by atoms with Crippen molar-refractivity contribution in [1.29, 1.82) is 0 Å². The summed E-state index contributed by atoms with van der Waals surface area (Å²) in [5.74, 6) is -0.203. The number of amides is 1. The largest absolute Gasteiger partial charge is 0.389 e. The third kappa shape index (κ3) is 3.09. The molecular weight excluding hydrogens is 258 g/mol. The van der Waals surface area contributed by atoms with E-state index in [4.69, 9.17) is 4.74 Å². The molecule has 1 heterocycles. The Labute approximate surface area is 117 Å². The fraction of sp³-hybridized carbons (Fsp3) is 0.357. The molecule has 0 aliphatic rings. The van der Waals surface area contributed by atoms with Crippen molar-refractivity contribution in [2.45, 2.75) is 6.10 Å². The molecule has 1 N–H and O–H groups in total. The quantitative estimate of drug-likeness (QED) is 0.869. The molecule has 0 bridgehead atoms. The Hall–Kier alpha value is -2.05. The summed E-state index contributed by atoms with van der Waals surface area (Å²) in [5.41, 5.74) is 1.71. The van der Waals surface area contributed by atoms with Crippen LogP contribution in [-0.2, 0) is 4.74 Å². The van der Waals surface area contributed by atoms with E-state index in [1.165, 1.54) is 12.0 Å². The van der Waals surface area contributed by atoms with Crippen molar-refractivity contribution in [2.24, 2.45) is 0 Å². The Bertz CT molecular complexity index is 598. The second-order valence-corrected chi connectivity index (χ2v) is 4.52. The van der Waals surface area contributed by atoms with Crippen LogP contribution < -0.4 is 0 Å². The van der Waals surface area contributed by atoms with E-state index in [9.17, 15) is 9.90 Å². The number of hydrogen-bond donors (Lipinski definition) is 1. The number of aliphatic hydroxyl groups excluding tert-OH is 1. The van der Waals surface area contributed by atoms with Gasteiger partial charge in [-0.3, -0.25) is 14.8 Å². The second-order valence-electron chi connectivity index (χ2n) is 4.52. The normalized spacial score (nSPS) is 12.3. The van der Waals surface area contributed by atoms with Crippen LogP contribution in [-0.4, -0.2) is 59.3 Å². The number of aromatic nitrogens is 2. The van der Waals surface area contributed by atoms with E-state index < -0.39 is 6.10 Å². The third-order valence-electron chi connectivity index (χ3n) is 2.92. The zero-order valence-corrected chi connectivity index (χ0v) is 11.5. The lowest BCUT2D eigenvalue weighted by Crippen LogP contribution is -2.36. The zero-order chi connectivity index (χ0) is 14.5. The van der Waals surface area contributed by atoms with Crippen LogP contribution in [0.1, 0.15) is 10.4 Å². The van der Waals surface area contributed by atoms with Crippen LogP contribution in [0.5, 0.6) is 0 Å². The van der Waals surface area contributed by atoms with Gasteiger partial charge in [-0.25, -0.2) is 0 Å². The second kappa shape index (κ2) is 6.40. The van der Waals surface area contributed by atoms with E-state index in [0.29, 0.717) is 16.6 Å². The molecule has 0 fully saturated rings. The van der Waals surface area contributed by atoms with Crippen LogP contribution in [0, 0.1) is 0 Å². The molecule has 2 aromatic rings. The van der Waals surface area contributed by atoms with Gasteiger partial charge in [0.25, 0.3) is 5.91 Å². The number of nitrogens with zero attached hydrogens (tertiary/aromatic N) is 3. The number of fused-ring (bicyclic) bond motifs is 1. The molecule has 1 unspecified atom stereocenters. The first-order valence-electron chi connectivity index (χ1n) is 6.25. The summed E-state index contributed by atoms with van der Waals surface area (Å²) in [5, 5.41) is 9.68. The molecule has 1 atom stereocenters. The van der Waals surface area contributed by atoms with Gasteiger partial charge in [0.1, 0.15) is 5.52 Å². The molecule has 1 amide bonds. The highest BCUT2D eigenvalue weighted by Crippen LogP contribution is 2.15. The van der Waals surface area contributed by atoms with Gasteiger partial charge < -0.3 is 14.7 Å². The minimum atomic E-state index is -0.713. The average Bonchev–Trinajstić information content (AvgIpc) is 2.46. The number of likely N-dealkylation sites (N-methyl/N-ethyl adjacent to an activating group) is 1. The van der Waals surface area contributed by atoms with Gasteiger partial charge in [0.2, 0.25) is 0 Å². The van der Waals surface area contributed by atoms with Crippen molar-refractivity contribution >= 4 is 16.9 Å². The highest BCUT2D eigenvalue weighted by Gasteiger charge is 2.18. The van der Waals surface area contributed by atoms with Crippen LogP contribution in [0.15, 0.2) is 30.6 Å². The van der Waals surface area contributed by atoms with E-state index in [2.05, 4.69) is 9.97 Å². The summed E-state index contributed by atoms with van der Waals surface area (Å²) in [6, 6.07) is 5.28. The lowest BCUT2D eigenvalue weighted by atomic mass is 10.1. The van der Waals surface area contributed by atoms with E-state index in [-0.39, 0.29) is 19.1 Å². The van der Waals surface area contributed by atoms with Crippen LogP contribution in [0.4, 0.5) is 0 Å². The topological polar surface area (TPSA) is 75.6 Å². The van der Waals surface area contributed by atoms with Crippen molar-refractivity contribution in [1.82, 2.24) is 14.9 Å². The molecule has 6 heteroatoms. The summed E-state index contributed by atoms with van der Waals surface area (Å²) in [7, 11) is 3.14. The Morgan fingerprint density at radius 3 is 2.90 bits per heavy atom. The minimum Gasteiger partial charge on any atom is -0.389 e. The first kappa shape index (κ1) is 14.4. The highest BCUT2D eigenvalue weighted by atomic mass is 16.5. The number of aliphatic hydroxyl groups is 1. The van der Waals surface area contributed by atoms with Gasteiger partial charge in [-0.15, -0.1) is 0 Å². The molecular formula is C14H17N3O3. The molecule has 106 valence electrons. The van der Waals surface area contributed by atoms with E-state index >= 15 is 0 Å². The van der Waals surface area contributed by atoms with E-state index in [1.54, 1.807) is 37.6 Å². The van der Waals surface area contributed by atoms with Crippen LogP contribution in [0.25, 0.3) is 11.0 Å². The fourth-order valence-electron chi connectivity index (χ4n) is 2.02. The molecule has 0 radical (unpaired) electrons. The van der Waals surface area contributed by atoms with Crippen molar-refractivity contribution in [3.63, 3.8) is 0 Å². The van der Waals surface area contributed by atoms with Crippen molar-refractivity contribution in [2.75, 3.05) is 27.3 Å². The number of carbonyl (C=O) groups is 1. The molecule has 0 saturated heterocycles. The van der Waals surface area contributed by atoms with Gasteiger partial charge in [0.05, 0.1) is 23.8 Å². The number of methoxy groups -OCH3 is 1. The summed E-state index contributed by atoms with van der Waals surface area (Å²) < 4.78 is 4.85. The number of benzene rings is 1. The molecule has 0 saturated carbocycles. The van der Waals surface area contributed by atoms with Gasteiger partial charge in [-0.2, -0.15) is 0 Å². The molecule has 20 heavy (non-hydrogen) atoms. The lowest BCUT2D eigenvalue weighted by molar-refractivity contribution is 0.0381. The standard InChI is InChI=1S/C14H17N3O3/c1-17(8-10(18)9-20-2)14(19)11-4-3-5-12-13(11)16-7-6-15-12/h3-7,10,18H,8-9H2,1-2H3. The number of para-hydroxylation sites is 1. The predicted molar refractivity (Wildman–Crippen MR) is 74.4 cm³/mol. The first-order chi connectivity index (χ1) is 9.63. The number of ether oxygens (including phenoxy) is 1. The van der Waals surface area contributed by atoms with Gasteiger partial charge >= 0.3 is 0 Å². The molecule has 0 spiro atoms. The molecule has 0 aliphatic carbocycles. The molecule has 0 aliphatic heterocycles. The van der Waals surface area contributed by atoms with E-state index in [0.717, 1.165) is 0 Å². The van der Waals surface area contributed by atoms with Gasteiger partial charge in [0, 0.05) is 33.1 Å². The summed E-state index contributed by atoms with van der Waals surface area (Å²) >= 11 is 0. The smallest absolute Gasteiger partial charge is 0.255 e. The Morgan fingerprint density at radius 1 is 1.40 bits per heavy atom. The maximum Gasteiger partial charge on any atom is 0.255 e. The summed E-state index contributed by atoms with van der Waals surface area (Å²) in [6.07, 6.45) is 2.43. The van der Waals surface area contributed by atoms with Crippen molar-refractivity contribution in [3.8, 4) is 0 Å². The Morgan fingerprint density at radius 2 is 2.15 bits per heavy atom. The molecule has 1 aromatic heterocycles. The monoisotopic (exact) mass is 275 g/mol. The zero-order valence-electron chi connectivity index (χ0n) is 11.5. The molecule has 6 nitrogen and oxygen atoms in total. The SMILES string of the molecule is COCC(O)CN(C)C(=O)c1cccc2nccnc12. The fourth-order valence-corrected chi connectivity index (χ4v) is 2.02. The third-order valence-corrected chi connectivity index (χ3v) is 2.92. The van der Waals surface area contributed by atoms with Gasteiger partial charge in [0.15, 0.2) is 0 Å². The van der Waals surface area contributed by atoms with Crippen molar-refractivity contribution < 1.29 is 14.6 Å². The minimum absolute atomic E-state index is 0.187. The van der Waals surface area contributed by atoms with Gasteiger partial charge in [-0.05, 0) is 12.1 Å². The predicted octanol–water partition coefficient (Wildman–Crippen LogP) is 0.709. The first-order valence-corrected chi connectivity index (χ1v) is 6.25. The van der Waals surface area contributed by atoms with Crippen LogP contribution >= 0.6 is 0 Å². The molecule has 1 aromatic carbocycles. The maximum atomic E-state index is 12.4. The van der Waals surface area contributed by atoms with E-state index in [1.807, 2.05) is 0 Å². The Kier molecular flexibility index (Phi) is 4.60. The number of carbonyl (C=O) groups excluding carboxylic acids is 1. The lowest BCUT2D eigenvalue weighted by Gasteiger charge is -2.20. The summed E-state index contributed by atoms with van der Waals surface area (Å²) in [4.78, 5) is 22.2. The Balaban J connectivity index is 2.23. The highest BCUT2D eigenvalue weighted by molar-refractivity contribution is 6.04. The maximum absolute atomic E-state index is 12.4. The van der Waals surface area contributed by atoms with Crippen molar-refractivity contribution in [3.05, 3.63) is 36.2 Å².